The van der Waals surface area contributed by atoms with Crippen LogP contribution in [0.5, 0.6) is 0 Å². The van der Waals surface area contributed by atoms with Gasteiger partial charge in [0.1, 0.15) is 17.5 Å². The summed E-state index contributed by atoms with van der Waals surface area (Å²) in [5.41, 5.74) is 6.06. The van der Waals surface area contributed by atoms with Crippen LogP contribution in [0.3, 0.4) is 0 Å². The van der Waals surface area contributed by atoms with E-state index >= 15 is 0 Å². The summed E-state index contributed by atoms with van der Waals surface area (Å²) in [6.07, 6.45) is 0. The molecule has 0 fully saturated rings. The molecule has 1 aromatic heterocycles. The molecular weight excluding hydrogens is 266 g/mol. The van der Waals surface area contributed by atoms with Crippen molar-refractivity contribution >= 4 is 21.5 Å². The maximum atomic E-state index is 11.5. The first-order chi connectivity index (χ1) is 8.80. The number of anilines is 2. The maximum absolute atomic E-state index is 11.5. The van der Waals surface area contributed by atoms with Gasteiger partial charge in [-0.15, -0.1) is 0 Å². The van der Waals surface area contributed by atoms with Gasteiger partial charge in [-0.1, -0.05) is 6.92 Å². The van der Waals surface area contributed by atoms with Gasteiger partial charge in [0.05, 0.1) is 12.3 Å². The van der Waals surface area contributed by atoms with Gasteiger partial charge in [-0.2, -0.15) is 10.4 Å². The Hall–Kier alpha value is -1.75. The number of hydrogen-bond donors (Lipinski definition) is 2. The number of nitriles is 1. The van der Waals surface area contributed by atoms with Gasteiger partial charge in [-0.25, -0.2) is 13.1 Å². The van der Waals surface area contributed by atoms with Crippen LogP contribution < -0.4 is 11.1 Å². The van der Waals surface area contributed by atoms with E-state index in [1.165, 1.54) is 4.68 Å². The van der Waals surface area contributed by atoms with Crippen LogP contribution >= 0.6 is 0 Å². The molecular formula is C11H19N5O2S. The van der Waals surface area contributed by atoms with Gasteiger partial charge in [0.15, 0.2) is 15.7 Å². The molecule has 1 aromatic rings. The van der Waals surface area contributed by atoms with Gasteiger partial charge in [-0.05, 0) is 13.8 Å². The lowest BCUT2D eigenvalue weighted by molar-refractivity contribution is 0.583. The predicted molar refractivity (Wildman–Crippen MR) is 74.4 cm³/mol. The molecule has 19 heavy (non-hydrogen) atoms. The molecule has 0 saturated heterocycles. The molecule has 0 bridgehead atoms. The van der Waals surface area contributed by atoms with Crippen LogP contribution in [0.1, 0.15) is 26.3 Å². The molecule has 0 aliphatic rings. The molecule has 0 unspecified atom stereocenters. The Morgan fingerprint density at radius 1 is 1.53 bits per heavy atom. The summed E-state index contributed by atoms with van der Waals surface area (Å²) >= 11 is 0. The van der Waals surface area contributed by atoms with E-state index in [9.17, 15) is 8.42 Å². The zero-order valence-corrected chi connectivity index (χ0v) is 12.2. The lowest BCUT2D eigenvalue weighted by Gasteiger charge is -2.06. The second-order valence-corrected chi connectivity index (χ2v) is 6.95. The quantitative estimate of drug-likeness (QED) is 0.790. The van der Waals surface area contributed by atoms with Crippen LogP contribution in [0.4, 0.5) is 11.6 Å². The average molecular weight is 285 g/mol. The van der Waals surface area contributed by atoms with E-state index in [-0.39, 0.29) is 35.5 Å². The number of rotatable bonds is 6. The van der Waals surface area contributed by atoms with Crippen molar-refractivity contribution in [1.29, 1.82) is 5.26 Å². The fourth-order valence-electron chi connectivity index (χ4n) is 1.50. The minimum Gasteiger partial charge on any atom is -0.383 e. The number of nitrogens with zero attached hydrogens (tertiary/aromatic N) is 3. The molecule has 3 N–H and O–H groups in total. The molecule has 1 heterocycles. The summed E-state index contributed by atoms with van der Waals surface area (Å²) in [6, 6.07) is 2.09. The molecule has 106 valence electrons. The summed E-state index contributed by atoms with van der Waals surface area (Å²) in [7, 11) is -3.09. The lowest BCUT2D eigenvalue weighted by atomic mass is 10.3. The lowest BCUT2D eigenvalue weighted by Crippen LogP contribution is -2.17. The molecule has 7 nitrogen and oxygen atoms in total. The van der Waals surface area contributed by atoms with Gasteiger partial charge in [-0.3, -0.25) is 0 Å². The van der Waals surface area contributed by atoms with Crippen molar-refractivity contribution in [2.24, 2.45) is 0 Å². The van der Waals surface area contributed by atoms with Gasteiger partial charge in [0.25, 0.3) is 0 Å². The Bertz CT molecular complexity index is 583. The van der Waals surface area contributed by atoms with Crippen LogP contribution in [0.15, 0.2) is 0 Å². The third kappa shape index (κ3) is 3.86. The fraction of sp³-hybridized carbons (Fsp3) is 0.636. The van der Waals surface area contributed by atoms with Gasteiger partial charge in [0, 0.05) is 11.8 Å². The summed E-state index contributed by atoms with van der Waals surface area (Å²) in [6.45, 7) is 5.57. The predicted octanol–water partition coefficient (Wildman–Crippen LogP) is 0.592. The molecule has 0 amide bonds. The minimum atomic E-state index is -3.09. The van der Waals surface area contributed by atoms with Crippen molar-refractivity contribution in [2.75, 3.05) is 22.6 Å². The van der Waals surface area contributed by atoms with Crippen molar-refractivity contribution in [3.8, 4) is 6.07 Å². The van der Waals surface area contributed by atoms with Crippen molar-refractivity contribution in [1.82, 2.24) is 9.78 Å². The first kappa shape index (κ1) is 15.3. The van der Waals surface area contributed by atoms with Gasteiger partial charge in [0.2, 0.25) is 0 Å². The number of hydrogen-bond acceptors (Lipinski definition) is 6. The van der Waals surface area contributed by atoms with E-state index in [1.54, 1.807) is 6.92 Å². The average Bonchev–Trinajstić information content (AvgIpc) is 2.62. The molecule has 0 aliphatic heterocycles. The van der Waals surface area contributed by atoms with E-state index in [1.807, 2.05) is 19.9 Å². The van der Waals surface area contributed by atoms with Crippen molar-refractivity contribution in [3.05, 3.63) is 5.56 Å². The normalized spacial score (nSPS) is 11.5. The second kappa shape index (κ2) is 5.93. The molecule has 0 aromatic carbocycles. The van der Waals surface area contributed by atoms with Crippen LogP contribution in [-0.4, -0.2) is 35.7 Å². The summed E-state index contributed by atoms with van der Waals surface area (Å²) in [5, 5.41) is 16.2. The number of aryl methyl sites for hydroxylation is 1. The molecule has 1 rings (SSSR count). The highest BCUT2D eigenvalue weighted by atomic mass is 32.2. The molecule has 0 atom stereocenters. The fourth-order valence-corrected chi connectivity index (χ4v) is 2.24. The SMILES string of the molecule is CCS(=O)(=O)CCn1nc(NC(C)C)c(C#N)c1N. The highest BCUT2D eigenvalue weighted by molar-refractivity contribution is 7.91. The van der Waals surface area contributed by atoms with Crippen LogP contribution in [-0.2, 0) is 16.4 Å². The smallest absolute Gasteiger partial charge is 0.168 e. The zero-order chi connectivity index (χ0) is 14.6. The number of nitrogen functional groups attached to an aromatic ring is 1. The molecule has 8 heteroatoms. The van der Waals surface area contributed by atoms with Crippen LogP contribution in [0.25, 0.3) is 0 Å². The minimum absolute atomic E-state index is 0.0403. The van der Waals surface area contributed by atoms with Gasteiger partial charge >= 0.3 is 0 Å². The summed E-state index contributed by atoms with van der Waals surface area (Å²) in [4.78, 5) is 0. The first-order valence-corrected chi connectivity index (χ1v) is 7.86. The van der Waals surface area contributed by atoms with E-state index in [0.717, 1.165) is 0 Å². The van der Waals surface area contributed by atoms with E-state index < -0.39 is 9.84 Å². The number of sulfone groups is 1. The van der Waals surface area contributed by atoms with Crippen LogP contribution in [0, 0.1) is 11.3 Å². The van der Waals surface area contributed by atoms with Crippen molar-refractivity contribution < 1.29 is 8.42 Å². The maximum Gasteiger partial charge on any atom is 0.168 e. The van der Waals surface area contributed by atoms with Crippen LogP contribution in [0.2, 0.25) is 0 Å². The molecule has 0 saturated carbocycles. The third-order valence-electron chi connectivity index (χ3n) is 2.58. The van der Waals surface area contributed by atoms with Gasteiger partial charge < -0.3 is 11.1 Å². The Labute approximate surface area is 113 Å². The number of nitrogens with one attached hydrogen (secondary N) is 1. The summed E-state index contributed by atoms with van der Waals surface area (Å²) in [5.74, 6) is 0.624. The Kier molecular flexibility index (Phi) is 4.78. The standard InChI is InChI=1S/C11H19N5O2S/c1-4-19(17,18)6-5-16-10(13)9(7-12)11(15-16)14-8(2)3/h8H,4-6,13H2,1-3H3,(H,14,15). The number of aromatic nitrogens is 2. The zero-order valence-electron chi connectivity index (χ0n) is 11.3. The Morgan fingerprint density at radius 2 is 2.16 bits per heavy atom. The van der Waals surface area contributed by atoms with Crippen molar-refractivity contribution in [2.45, 2.75) is 33.4 Å². The molecule has 0 radical (unpaired) electrons. The third-order valence-corrected chi connectivity index (χ3v) is 4.27. The number of nitrogens with two attached hydrogens (primary N) is 1. The Morgan fingerprint density at radius 3 is 2.63 bits per heavy atom. The van der Waals surface area contributed by atoms with E-state index in [4.69, 9.17) is 11.0 Å². The summed E-state index contributed by atoms with van der Waals surface area (Å²) < 4.78 is 24.3. The molecule has 0 aliphatic carbocycles. The topological polar surface area (TPSA) is 114 Å². The Balaban J connectivity index is 2.98. The first-order valence-electron chi connectivity index (χ1n) is 6.04. The highest BCUT2D eigenvalue weighted by Gasteiger charge is 2.17. The highest BCUT2D eigenvalue weighted by Crippen LogP contribution is 2.21. The van der Waals surface area contributed by atoms with Crippen molar-refractivity contribution in [3.63, 3.8) is 0 Å². The molecule has 0 spiro atoms. The largest absolute Gasteiger partial charge is 0.383 e. The van der Waals surface area contributed by atoms with E-state index in [2.05, 4.69) is 10.4 Å². The van der Waals surface area contributed by atoms with E-state index in [0.29, 0.717) is 5.82 Å². The monoisotopic (exact) mass is 285 g/mol. The second-order valence-electron chi connectivity index (χ2n) is 4.48.